The Morgan fingerprint density at radius 2 is 1.90 bits per heavy atom. The summed E-state index contributed by atoms with van der Waals surface area (Å²) in [6, 6.07) is 10.8. The van der Waals surface area contributed by atoms with Crippen LogP contribution in [0.4, 0.5) is 0 Å². The van der Waals surface area contributed by atoms with E-state index in [0.717, 1.165) is 38.4 Å². The molecule has 0 radical (unpaired) electrons. The lowest BCUT2D eigenvalue weighted by Crippen LogP contribution is -2.48. The van der Waals surface area contributed by atoms with Gasteiger partial charge in [0.1, 0.15) is 0 Å². The topological polar surface area (TPSA) is 68.8 Å². The number of amides is 1. The SMILES string of the molecule is CCNC(=NCC(C)(C)NC(C)c1ccccc1)N1CCC(CC(=O)NC)CC1. The number of hydrogen-bond acceptors (Lipinski definition) is 3. The quantitative estimate of drug-likeness (QED) is 0.463. The zero-order valence-electron chi connectivity index (χ0n) is 18.8. The minimum atomic E-state index is -0.118. The third kappa shape index (κ3) is 7.69. The Hall–Kier alpha value is -2.08. The van der Waals surface area contributed by atoms with Crippen LogP contribution in [0.5, 0.6) is 0 Å². The second-order valence-corrected chi connectivity index (χ2v) is 8.64. The van der Waals surface area contributed by atoms with Crippen molar-refractivity contribution in [2.75, 3.05) is 33.2 Å². The zero-order valence-corrected chi connectivity index (χ0v) is 18.8. The molecule has 1 heterocycles. The average Bonchev–Trinajstić information content (AvgIpc) is 2.72. The maximum absolute atomic E-state index is 11.6. The molecule has 6 heteroatoms. The molecule has 0 spiro atoms. The van der Waals surface area contributed by atoms with Crippen LogP contribution in [0.15, 0.2) is 35.3 Å². The number of likely N-dealkylation sites (tertiary alicyclic amines) is 1. The van der Waals surface area contributed by atoms with Crippen molar-refractivity contribution in [1.82, 2.24) is 20.9 Å². The summed E-state index contributed by atoms with van der Waals surface area (Å²) < 4.78 is 0. The first kappa shape index (κ1) is 23.2. The summed E-state index contributed by atoms with van der Waals surface area (Å²) in [7, 11) is 1.71. The second kappa shape index (κ2) is 11.2. The Morgan fingerprint density at radius 1 is 1.24 bits per heavy atom. The number of nitrogens with zero attached hydrogens (tertiary/aromatic N) is 2. The highest BCUT2D eigenvalue weighted by Gasteiger charge is 2.25. The van der Waals surface area contributed by atoms with Gasteiger partial charge in [0.25, 0.3) is 0 Å². The number of rotatable bonds is 8. The van der Waals surface area contributed by atoms with E-state index in [2.05, 4.69) is 72.8 Å². The summed E-state index contributed by atoms with van der Waals surface area (Å²) in [4.78, 5) is 18.9. The standard InChI is InChI=1S/C23H39N5O/c1-6-25-22(28-14-12-19(13-15-28)16-21(29)24-5)26-17-23(3,4)27-18(2)20-10-8-7-9-11-20/h7-11,18-19,27H,6,12-17H2,1-5H3,(H,24,29)(H,25,26). The van der Waals surface area contributed by atoms with Crippen molar-refractivity contribution >= 4 is 11.9 Å². The maximum Gasteiger partial charge on any atom is 0.220 e. The van der Waals surface area contributed by atoms with Crippen molar-refractivity contribution in [2.45, 2.75) is 58.5 Å². The smallest absolute Gasteiger partial charge is 0.220 e. The molecule has 6 nitrogen and oxygen atoms in total. The van der Waals surface area contributed by atoms with Gasteiger partial charge in [-0.05, 0) is 52.0 Å². The Balaban J connectivity index is 1.93. The molecule has 1 atom stereocenters. The van der Waals surface area contributed by atoms with Gasteiger partial charge in [-0.25, -0.2) is 0 Å². The predicted molar refractivity (Wildman–Crippen MR) is 121 cm³/mol. The lowest BCUT2D eigenvalue weighted by atomic mass is 9.93. The fourth-order valence-electron chi connectivity index (χ4n) is 3.87. The Bertz CT molecular complexity index is 650. The number of benzene rings is 1. The maximum atomic E-state index is 11.6. The molecular formula is C23H39N5O. The Kier molecular flexibility index (Phi) is 8.96. The molecule has 1 amide bonds. The average molecular weight is 402 g/mol. The predicted octanol–water partition coefficient (Wildman–Crippen LogP) is 2.93. The van der Waals surface area contributed by atoms with Gasteiger partial charge in [-0.3, -0.25) is 9.79 Å². The van der Waals surface area contributed by atoms with Gasteiger partial charge in [-0.2, -0.15) is 0 Å². The second-order valence-electron chi connectivity index (χ2n) is 8.64. The largest absolute Gasteiger partial charge is 0.359 e. The van der Waals surface area contributed by atoms with Gasteiger partial charge in [0.05, 0.1) is 6.54 Å². The monoisotopic (exact) mass is 401 g/mol. The first-order valence-electron chi connectivity index (χ1n) is 10.9. The van der Waals surface area contributed by atoms with E-state index in [9.17, 15) is 4.79 Å². The molecule has 1 aliphatic heterocycles. The Morgan fingerprint density at radius 3 is 2.48 bits per heavy atom. The van der Waals surface area contributed by atoms with E-state index in [1.807, 2.05) is 6.07 Å². The van der Waals surface area contributed by atoms with Crippen molar-refractivity contribution in [1.29, 1.82) is 0 Å². The first-order chi connectivity index (χ1) is 13.8. The molecule has 1 aliphatic rings. The molecule has 0 aliphatic carbocycles. The molecule has 1 unspecified atom stereocenters. The van der Waals surface area contributed by atoms with Gasteiger partial charge in [-0.1, -0.05) is 30.3 Å². The number of guanidine groups is 1. The molecule has 162 valence electrons. The molecule has 3 N–H and O–H groups in total. The van der Waals surface area contributed by atoms with Crippen LogP contribution in [0.25, 0.3) is 0 Å². The summed E-state index contributed by atoms with van der Waals surface area (Å²) in [5, 5.41) is 9.89. The fourth-order valence-corrected chi connectivity index (χ4v) is 3.87. The molecule has 0 bridgehead atoms. The van der Waals surface area contributed by atoms with Crippen LogP contribution in [-0.4, -0.2) is 55.5 Å². The Labute approximate surface area is 176 Å². The molecule has 0 saturated carbocycles. The van der Waals surface area contributed by atoms with Gasteiger partial charge < -0.3 is 20.9 Å². The highest BCUT2D eigenvalue weighted by atomic mass is 16.1. The van der Waals surface area contributed by atoms with Gasteiger partial charge in [0.2, 0.25) is 5.91 Å². The van der Waals surface area contributed by atoms with Gasteiger partial charge in [0, 0.05) is 44.7 Å². The molecule has 29 heavy (non-hydrogen) atoms. The molecule has 1 aromatic rings. The normalized spacial score (nSPS) is 17.1. The summed E-state index contributed by atoms with van der Waals surface area (Å²) in [5.74, 6) is 1.59. The van der Waals surface area contributed by atoms with Crippen molar-refractivity contribution < 1.29 is 4.79 Å². The third-order valence-corrected chi connectivity index (χ3v) is 5.53. The number of nitrogens with one attached hydrogen (secondary N) is 3. The summed E-state index contributed by atoms with van der Waals surface area (Å²) in [6.07, 6.45) is 2.70. The number of carbonyl (C=O) groups excluding carboxylic acids is 1. The molecule has 1 fully saturated rings. The van der Waals surface area contributed by atoms with Crippen molar-refractivity contribution in [3.8, 4) is 0 Å². The minimum Gasteiger partial charge on any atom is -0.359 e. The third-order valence-electron chi connectivity index (χ3n) is 5.53. The molecule has 1 saturated heterocycles. The highest BCUT2D eigenvalue weighted by molar-refractivity contribution is 5.80. The molecule has 0 aromatic heterocycles. The van der Waals surface area contributed by atoms with Gasteiger partial charge >= 0.3 is 0 Å². The van der Waals surface area contributed by atoms with E-state index in [-0.39, 0.29) is 17.5 Å². The van der Waals surface area contributed by atoms with E-state index in [0.29, 0.717) is 18.9 Å². The highest BCUT2D eigenvalue weighted by Crippen LogP contribution is 2.21. The molecule has 1 aromatic carbocycles. The van der Waals surface area contributed by atoms with Crippen LogP contribution in [0.3, 0.4) is 0 Å². The van der Waals surface area contributed by atoms with E-state index < -0.39 is 0 Å². The zero-order chi connectivity index (χ0) is 21.3. The lowest BCUT2D eigenvalue weighted by molar-refractivity contribution is -0.121. The van der Waals surface area contributed by atoms with E-state index >= 15 is 0 Å². The molecule has 2 rings (SSSR count). The van der Waals surface area contributed by atoms with Crippen molar-refractivity contribution in [3.05, 3.63) is 35.9 Å². The number of piperidine rings is 1. The van der Waals surface area contributed by atoms with Crippen LogP contribution in [0.1, 0.15) is 58.6 Å². The van der Waals surface area contributed by atoms with Crippen molar-refractivity contribution in [2.24, 2.45) is 10.9 Å². The fraction of sp³-hybridized carbons (Fsp3) is 0.652. The van der Waals surface area contributed by atoms with Gasteiger partial charge in [-0.15, -0.1) is 0 Å². The van der Waals surface area contributed by atoms with Crippen LogP contribution in [-0.2, 0) is 4.79 Å². The summed E-state index contributed by atoms with van der Waals surface area (Å²) >= 11 is 0. The molecular weight excluding hydrogens is 362 g/mol. The number of hydrogen-bond donors (Lipinski definition) is 3. The van der Waals surface area contributed by atoms with Crippen LogP contribution >= 0.6 is 0 Å². The van der Waals surface area contributed by atoms with Gasteiger partial charge in [0.15, 0.2) is 5.96 Å². The van der Waals surface area contributed by atoms with E-state index in [4.69, 9.17) is 4.99 Å². The number of carbonyl (C=O) groups is 1. The van der Waals surface area contributed by atoms with E-state index in [1.165, 1.54) is 5.56 Å². The minimum absolute atomic E-state index is 0.118. The van der Waals surface area contributed by atoms with Crippen LogP contribution in [0.2, 0.25) is 0 Å². The summed E-state index contributed by atoms with van der Waals surface area (Å²) in [5.41, 5.74) is 1.17. The van der Waals surface area contributed by atoms with E-state index in [1.54, 1.807) is 7.05 Å². The lowest BCUT2D eigenvalue weighted by Gasteiger charge is -2.35. The number of aliphatic imine (C=N–C) groups is 1. The summed E-state index contributed by atoms with van der Waals surface area (Å²) in [6.45, 7) is 12.2. The van der Waals surface area contributed by atoms with Crippen LogP contribution in [0, 0.1) is 5.92 Å². The first-order valence-corrected chi connectivity index (χ1v) is 10.9. The van der Waals surface area contributed by atoms with Crippen LogP contribution < -0.4 is 16.0 Å². The van der Waals surface area contributed by atoms with Crippen molar-refractivity contribution in [3.63, 3.8) is 0 Å².